The molecular weight excluding hydrogens is 402 g/mol. The summed E-state index contributed by atoms with van der Waals surface area (Å²) in [6.45, 7) is 2.57. The molecule has 8 heteroatoms. The largest absolute Gasteiger partial charge is 0.496 e. The Labute approximate surface area is 178 Å². The molecule has 7 nitrogen and oxygen atoms in total. The smallest absolute Gasteiger partial charge is 0.227 e. The van der Waals surface area contributed by atoms with E-state index in [0.29, 0.717) is 25.6 Å². The fraction of sp³-hybridized carbons (Fsp3) is 0.591. The van der Waals surface area contributed by atoms with Gasteiger partial charge in [-0.15, -0.1) is 0 Å². The van der Waals surface area contributed by atoms with Crippen LogP contribution >= 0.6 is 0 Å². The fourth-order valence-corrected chi connectivity index (χ4v) is 5.92. The molecule has 2 aliphatic rings. The maximum Gasteiger partial charge on any atom is 0.227 e. The zero-order chi connectivity index (χ0) is 21.1. The number of sulfone groups is 1. The first kappa shape index (κ1) is 21.3. The molecule has 1 aromatic carbocycles. The van der Waals surface area contributed by atoms with Crippen molar-refractivity contribution in [3.63, 3.8) is 0 Å². The van der Waals surface area contributed by atoms with Crippen molar-refractivity contribution in [3.05, 3.63) is 41.7 Å². The molecule has 1 atom stereocenters. The lowest BCUT2D eigenvalue weighted by Crippen LogP contribution is -2.25. The maximum atomic E-state index is 13.0. The van der Waals surface area contributed by atoms with Crippen molar-refractivity contribution in [2.75, 3.05) is 26.5 Å². The normalized spacial score (nSPS) is 19.5. The second-order valence-electron chi connectivity index (χ2n) is 8.49. The second-order valence-corrected chi connectivity index (χ2v) is 10.4. The highest BCUT2D eigenvalue weighted by Crippen LogP contribution is 2.32. The summed E-state index contributed by atoms with van der Waals surface area (Å²) in [4.78, 5) is 6.52. The van der Waals surface area contributed by atoms with E-state index < -0.39 is 9.84 Å². The molecule has 0 bridgehead atoms. The van der Waals surface area contributed by atoms with Gasteiger partial charge in [0.1, 0.15) is 5.75 Å². The Kier molecular flexibility index (Phi) is 6.46. The van der Waals surface area contributed by atoms with Crippen molar-refractivity contribution < 1.29 is 17.9 Å². The van der Waals surface area contributed by atoms with Crippen molar-refractivity contribution in [2.24, 2.45) is 5.92 Å². The quantitative estimate of drug-likeness (QED) is 0.574. The van der Waals surface area contributed by atoms with Crippen LogP contribution in [0.25, 0.3) is 0 Å². The molecule has 4 rings (SSSR count). The fourth-order valence-electron chi connectivity index (χ4n) is 4.08. The Morgan fingerprint density at radius 1 is 1.23 bits per heavy atom. The molecule has 2 heterocycles. The molecule has 0 amide bonds. The molecule has 0 spiro atoms. The Hall–Kier alpha value is -1.90. The van der Waals surface area contributed by atoms with E-state index in [1.807, 2.05) is 35.9 Å². The molecule has 0 radical (unpaired) electrons. The Morgan fingerprint density at radius 2 is 2.03 bits per heavy atom. The van der Waals surface area contributed by atoms with Gasteiger partial charge in [-0.3, -0.25) is 4.90 Å². The number of hydrogen-bond donors (Lipinski definition) is 0. The monoisotopic (exact) mass is 433 g/mol. The predicted octanol–water partition coefficient (Wildman–Crippen LogP) is 2.89. The predicted molar refractivity (Wildman–Crippen MR) is 114 cm³/mol. The summed E-state index contributed by atoms with van der Waals surface area (Å²) in [5.74, 6) is 1.34. The minimum atomic E-state index is -3.40. The van der Waals surface area contributed by atoms with Crippen LogP contribution in [0.4, 0.5) is 0 Å². The lowest BCUT2D eigenvalue weighted by molar-refractivity contribution is 0.0934. The van der Waals surface area contributed by atoms with E-state index in [1.54, 1.807) is 13.3 Å². The number of ether oxygens (including phenoxy) is 2. The van der Waals surface area contributed by atoms with E-state index in [1.165, 1.54) is 0 Å². The van der Waals surface area contributed by atoms with Crippen molar-refractivity contribution in [1.82, 2.24) is 14.5 Å². The highest BCUT2D eigenvalue weighted by molar-refractivity contribution is 7.91. The van der Waals surface area contributed by atoms with Gasteiger partial charge in [-0.25, -0.2) is 13.4 Å². The molecule has 1 aliphatic carbocycles. The molecule has 164 valence electrons. The van der Waals surface area contributed by atoms with Gasteiger partial charge in [-0.1, -0.05) is 18.2 Å². The van der Waals surface area contributed by atoms with Crippen LogP contribution in [0.2, 0.25) is 0 Å². The molecule has 30 heavy (non-hydrogen) atoms. The summed E-state index contributed by atoms with van der Waals surface area (Å²) in [6, 6.07) is 7.95. The Morgan fingerprint density at radius 3 is 2.73 bits per heavy atom. The van der Waals surface area contributed by atoms with Crippen molar-refractivity contribution >= 4 is 9.84 Å². The third-order valence-electron chi connectivity index (χ3n) is 5.81. The SMILES string of the molecule is COc1ccccc1CN(C)Cc1cnc(S(=O)(=O)CC2CC2)n1C[C@H]1CCCO1. The van der Waals surface area contributed by atoms with Gasteiger partial charge in [0.2, 0.25) is 15.0 Å². The summed E-state index contributed by atoms with van der Waals surface area (Å²) in [7, 11) is 0.299. The number of benzene rings is 1. The minimum Gasteiger partial charge on any atom is -0.496 e. The van der Waals surface area contributed by atoms with Crippen LogP contribution in [0.3, 0.4) is 0 Å². The molecule has 0 unspecified atom stereocenters. The molecule has 2 fully saturated rings. The number of methoxy groups -OCH3 is 1. The van der Waals surface area contributed by atoms with Crippen LogP contribution in [0.15, 0.2) is 35.6 Å². The van der Waals surface area contributed by atoms with Crippen molar-refractivity contribution in [2.45, 2.75) is 56.6 Å². The van der Waals surface area contributed by atoms with E-state index in [4.69, 9.17) is 9.47 Å². The summed E-state index contributed by atoms with van der Waals surface area (Å²) in [5.41, 5.74) is 1.99. The molecular formula is C22H31N3O4S. The average Bonchev–Trinajstić information content (AvgIpc) is 3.20. The highest BCUT2D eigenvalue weighted by atomic mass is 32.2. The maximum absolute atomic E-state index is 13.0. The third-order valence-corrected chi connectivity index (χ3v) is 7.60. The Balaban J connectivity index is 1.55. The minimum absolute atomic E-state index is 0.0485. The third kappa shape index (κ3) is 5.04. The zero-order valence-electron chi connectivity index (χ0n) is 17.8. The first-order chi connectivity index (χ1) is 14.5. The van der Waals surface area contributed by atoms with E-state index in [2.05, 4.69) is 9.88 Å². The topological polar surface area (TPSA) is 73.7 Å². The highest BCUT2D eigenvalue weighted by Gasteiger charge is 2.33. The first-order valence-electron chi connectivity index (χ1n) is 10.7. The van der Waals surface area contributed by atoms with Crippen molar-refractivity contribution in [3.8, 4) is 5.75 Å². The molecule has 1 saturated carbocycles. The van der Waals surface area contributed by atoms with Crippen LogP contribution in [-0.4, -0.2) is 55.5 Å². The summed E-state index contributed by atoms with van der Waals surface area (Å²) < 4.78 is 39.1. The standard InChI is InChI=1S/C22H31N3O4S/c1-24(13-18-6-3-4-8-21(18)28-2)14-19-12-23-22(30(26,27)16-17-9-10-17)25(19)15-20-7-5-11-29-20/h3-4,6,8,12,17,20H,5,7,9-11,13-16H2,1-2H3/t20-/m1/s1. The van der Waals surface area contributed by atoms with Gasteiger partial charge in [0.15, 0.2) is 0 Å². The average molecular weight is 434 g/mol. The number of hydrogen-bond acceptors (Lipinski definition) is 6. The molecule has 1 aromatic heterocycles. The number of imidazole rings is 1. The van der Waals surface area contributed by atoms with E-state index in [-0.39, 0.29) is 17.0 Å². The van der Waals surface area contributed by atoms with Crippen LogP contribution in [0.1, 0.15) is 36.9 Å². The van der Waals surface area contributed by atoms with E-state index >= 15 is 0 Å². The number of aromatic nitrogens is 2. The van der Waals surface area contributed by atoms with Crippen molar-refractivity contribution in [1.29, 1.82) is 0 Å². The summed E-state index contributed by atoms with van der Waals surface area (Å²) >= 11 is 0. The van der Waals surface area contributed by atoms with E-state index in [9.17, 15) is 8.42 Å². The molecule has 0 N–H and O–H groups in total. The van der Waals surface area contributed by atoms with Gasteiger partial charge in [0.25, 0.3) is 0 Å². The van der Waals surface area contributed by atoms with Gasteiger partial charge in [-0.05, 0) is 44.7 Å². The van der Waals surface area contributed by atoms with Gasteiger partial charge < -0.3 is 14.0 Å². The van der Waals surface area contributed by atoms with Gasteiger partial charge in [0.05, 0.1) is 37.4 Å². The first-order valence-corrected chi connectivity index (χ1v) is 12.3. The molecule has 1 saturated heterocycles. The summed E-state index contributed by atoms with van der Waals surface area (Å²) in [5, 5.41) is 0.200. The van der Waals surface area contributed by atoms with Crippen LogP contribution < -0.4 is 4.74 Å². The number of nitrogens with zero attached hydrogens (tertiary/aromatic N) is 3. The van der Waals surface area contributed by atoms with Gasteiger partial charge in [0, 0.05) is 25.3 Å². The van der Waals surface area contributed by atoms with Gasteiger partial charge >= 0.3 is 0 Å². The Bertz CT molecular complexity index is 963. The lowest BCUT2D eigenvalue weighted by Gasteiger charge is -2.21. The number of rotatable bonds is 10. The summed E-state index contributed by atoms with van der Waals surface area (Å²) in [6.07, 6.45) is 5.74. The molecule has 2 aromatic rings. The molecule has 1 aliphatic heterocycles. The number of para-hydroxylation sites is 1. The van der Waals surface area contributed by atoms with E-state index in [0.717, 1.165) is 49.3 Å². The lowest BCUT2D eigenvalue weighted by atomic mass is 10.2. The van der Waals surface area contributed by atoms with Crippen LogP contribution in [-0.2, 0) is 34.2 Å². The second kappa shape index (κ2) is 9.08. The van der Waals surface area contributed by atoms with Crippen LogP contribution in [0, 0.1) is 5.92 Å². The van der Waals surface area contributed by atoms with Gasteiger partial charge in [-0.2, -0.15) is 0 Å². The van der Waals surface area contributed by atoms with Crippen LogP contribution in [0.5, 0.6) is 5.75 Å². The zero-order valence-corrected chi connectivity index (χ0v) is 18.6.